The largest absolute Gasteiger partial charge is 0.507 e. The second-order valence-electron chi connectivity index (χ2n) is 17.3. The van der Waals surface area contributed by atoms with Gasteiger partial charge in [0.15, 0.2) is 0 Å². The molecule has 6 heteroatoms. The molecule has 2 aromatic rings. The summed E-state index contributed by atoms with van der Waals surface area (Å²) in [6, 6.07) is 8.10. The maximum Gasteiger partial charge on any atom is 0.221 e. The van der Waals surface area contributed by atoms with Crippen molar-refractivity contribution in [1.82, 2.24) is 10.6 Å². The predicted molar refractivity (Wildman–Crippen MR) is 192 cm³/mol. The quantitative estimate of drug-likeness (QED) is 0.138. The number of carbonyl (C=O) groups excluding carboxylic acids is 2. The van der Waals surface area contributed by atoms with Crippen LogP contribution in [0.15, 0.2) is 24.3 Å². The molecule has 258 valence electrons. The maximum absolute atomic E-state index is 13.2. The summed E-state index contributed by atoms with van der Waals surface area (Å²) in [5.74, 6) is 0.465. The van der Waals surface area contributed by atoms with E-state index in [9.17, 15) is 19.8 Å². The molecule has 2 amide bonds. The third-order valence-electron chi connectivity index (χ3n) is 8.62. The lowest BCUT2D eigenvalue weighted by molar-refractivity contribution is -0.124. The molecule has 0 heterocycles. The van der Waals surface area contributed by atoms with E-state index in [-0.39, 0.29) is 46.3 Å². The summed E-state index contributed by atoms with van der Waals surface area (Å²) in [7, 11) is 0. The molecule has 4 N–H and O–H groups in total. The van der Waals surface area contributed by atoms with Crippen LogP contribution in [0.5, 0.6) is 11.5 Å². The second-order valence-corrected chi connectivity index (χ2v) is 17.3. The molecule has 0 unspecified atom stereocenters. The number of benzene rings is 2. The normalized spacial score (nSPS) is 12.8. The number of phenolic OH excluding ortho intramolecular Hbond substituents is 2. The maximum atomic E-state index is 13.2. The van der Waals surface area contributed by atoms with Gasteiger partial charge in [-0.1, -0.05) is 127 Å². The zero-order chi connectivity index (χ0) is 35.3. The van der Waals surface area contributed by atoms with Crippen LogP contribution in [0.1, 0.15) is 162 Å². The fraction of sp³-hybridized carbons (Fsp3) is 0.650. The van der Waals surface area contributed by atoms with E-state index < -0.39 is 6.17 Å². The highest BCUT2D eigenvalue weighted by molar-refractivity contribution is 5.79. The molecule has 0 atom stereocenters. The van der Waals surface area contributed by atoms with Crippen LogP contribution in [0.25, 0.3) is 0 Å². The Morgan fingerprint density at radius 1 is 0.587 bits per heavy atom. The first kappa shape index (κ1) is 39.2. The van der Waals surface area contributed by atoms with E-state index in [2.05, 4.69) is 101 Å². The number of unbranched alkanes of at least 4 members (excludes halogenated alkanes) is 2. The minimum atomic E-state index is -0.434. The van der Waals surface area contributed by atoms with E-state index in [4.69, 9.17) is 0 Å². The SMILES string of the molecule is CCCCCC(NC(=O)CCc1cc(C(C)(C)C)c(O)c(C(C)(C)C)c1)NC(=O)CCc1cc(C(C)(C)C)c(O)c(C(C)(C)C)c1. The van der Waals surface area contributed by atoms with E-state index in [0.29, 0.717) is 30.8 Å². The molecule has 0 fully saturated rings. The highest BCUT2D eigenvalue weighted by Crippen LogP contribution is 2.41. The average molecular weight is 637 g/mol. The van der Waals surface area contributed by atoms with Crippen LogP contribution in [0.2, 0.25) is 0 Å². The van der Waals surface area contributed by atoms with Gasteiger partial charge < -0.3 is 20.8 Å². The lowest BCUT2D eigenvalue weighted by Crippen LogP contribution is -2.48. The molecule has 0 spiro atoms. The minimum absolute atomic E-state index is 0.104. The third-order valence-corrected chi connectivity index (χ3v) is 8.62. The van der Waals surface area contributed by atoms with Crippen molar-refractivity contribution in [3.8, 4) is 11.5 Å². The molecule has 2 aromatic carbocycles. The van der Waals surface area contributed by atoms with Gasteiger partial charge in [-0.25, -0.2) is 0 Å². The number of hydrogen-bond donors (Lipinski definition) is 4. The number of aryl methyl sites for hydroxylation is 2. The molecule has 0 radical (unpaired) electrons. The van der Waals surface area contributed by atoms with Gasteiger partial charge in [0, 0.05) is 12.8 Å². The average Bonchev–Trinajstić information content (AvgIpc) is 2.89. The number of nitrogens with one attached hydrogen (secondary N) is 2. The van der Waals surface area contributed by atoms with Crippen molar-refractivity contribution in [1.29, 1.82) is 0 Å². The van der Waals surface area contributed by atoms with Crippen molar-refractivity contribution < 1.29 is 19.8 Å². The Morgan fingerprint density at radius 2 is 0.891 bits per heavy atom. The van der Waals surface area contributed by atoms with Gasteiger partial charge in [-0.3, -0.25) is 9.59 Å². The van der Waals surface area contributed by atoms with Crippen LogP contribution in [0.4, 0.5) is 0 Å². The highest BCUT2D eigenvalue weighted by Gasteiger charge is 2.28. The van der Waals surface area contributed by atoms with Crippen molar-refractivity contribution >= 4 is 11.8 Å². The van der Waals surface area contributed by atoms with Crippen molar-refractivity contribution in [3.63, 3.8) is 0 Å². The number of phenols is 2. The van der Waals surface area contributed by atoms with Gasteiger partial charge in [-0.2, -0.15) is 0 Å². The van der Waals surface area contributed by atoms with Crippen LogP contribution >= 0.6 is 0 Å². The molecular weight excluding hydrogens is 572 g/mol. The Kier molecular flexibility index (Phi) is 13.0. The molecule has 0 aliphatic rings. The van der Waals surface area contributed by atoms with Crippen molar-refractivity contribution in [2.45, 2.75) is 169 Å². The van der Waals surface area contributed by atoms with Crippen molar-refractivity contribution in [3.05, 3.63) is 57.6 Å². The molecule has 0 aromatic heterocycles. The summed E-state index contributed by atoms with van der Waals surface area (Å²) in [6.07, 6.45) is 4.89. The summed E-state index contributed by atoms with van der Waals surface area (Å²) < 4.78 is 0. The Labute approximate surface area is 280 Å². The van der Waals surface area contributed by atoms with Gasteiger partial charge in [-0.15, -0.1) is 0 Å². The summed E-state index contributed by atoms with van der Waals surface area (Å²) in [6.45, 7) is 27.2. The van der Waals surface area contributed by atoms with E-state index in [1.807, 2.05) is 24.3 Å². The highest BCUT2D eigenvalue weighted by atomic mass is 16.3. The Bertz CT molecular complexity index is 1180. The number of carbonyl (C=O) groups is 2. The lowest BCUT2D eigenvalue weighted by atomic mass is 9.78. The van der Waals surface area contributed by atoms with E-state index >= 15 is 0 Å². The first-order chi connectivity index (χ1) is 20.9. The van der Waals surface area contributed by atoms with Gasteiger partial charge in [-0.05, 0) is 80.7 Å². The molecule has 0 aliphatic heterocycles. The number of rotatable bonds is 12. The van der Waals surface area contributed by atoms with Gasteiger partial charge in [0.1, 0.15) is 17.7 Å². The van der Waals surface area contributed by atoms with Crippen LogP contribution in [-0.4, -0.2) is 28.2 Å². The van der Waals surface area contributed by atoms with Crippen LogP contribution in [0, 0.1) is 0 Å². The van der Waals surface area contributed by atoms with E-state index in [0.717, 1.165) is 52.6 Å². The number of amides is 2. The van der Waals surface area contributed by atoms with Crippen LogP contribution in [0.3, 0.4) is 0 Å². The number of aromatic hydroxyl groups is 2. The monoisotopic (exact) mass is 636 g/mol. The first-order valence-corrected chi connectivity index (χ1v) is 17.3. The zero-order valence-corrected chi connectivity index (χ0v) is 31.3. The predicted octanol–water partition coefficient (Wildman–Crippen LogP) is 8.99. The lowest BCUT2D eigenvalue weighted by Gasteiger charge is -2.28. The summed E-state index contributed by atoms with van der Waals surface area (Å²) >= 11 is 0. The summed E-state index contributed by atoms with van der Waals surface area (Å²) in [5.41, 5.74) is 4.64. The van der Waals surface area contributed by atoms with Crippen molar-refractivity contribution in [2.24, 2.45) is 0 Å². The Morgan fingerprint density at radius 3 is 1.15 bits per heavy atom. The van der Waals surface area contributed by atoms with Gasteiger partial charge in [0.25, 0.3) is 0 Å². The summed E-state index contributed by atoms with van der Waals surface area (Å²) in [5, 5.41) is 28.3. The number of hydrogen-bond acceptors (Lipinski definition) is 4. The van der Waals surface area contributed by atoms with Gasteiger partial charge in [0.2, 0.25) is 11.8 Å². The topological polar surface area (TPSA) is 98.7 Å². The van der Waals surface area contributed by atoms with Crippen molar-refractivity contribution in [2.75, 3.05) is 0 Å². The fourth-order valence-electron chi connectivity index (χ4n) is 5.79. The van der Waals surface area contributed by atoms with Gasteiger partial charge in [0.05, 0.1) is 0 Å². The van der Waals surface area contributed by atoms with Crippen LogP contribution in [-0.2, 0) is 44.1 Å². The Balaban J connectivity index is 2.17. The molecule has 46 heavy (non-hydrogen) atoms. The van der Waals surface area contributed by atoms with Gasteiger partial charge >= 0.3 is 0 Å². The van der Waals surface area contributed by atoms with E-state index in [1.165, 1.54) is 0 Å². The standard InChI is InChI=1S/C40H64N2O4/c1-14-15-16-17-32(41-33(43)20-18-26-22-28(37(2,3)4)35(45)29(23-26)38(5,6)7)42-34(44)21-19-27-24-30(39(8,9)10)36(46)31(25-27)40(11,12)13/h22-25,32,45-46H,14-21H2,1-13H3,(H,41,43)(H,42,44). The zero-order valence-electron chi connectivity index (χ0n) is 31.3. The molecule has 6 nitrogen and oxygen atoms in total. The summed E-state index contributed by atoms with van der Waals surface area (Å²) in [4.78, 5) is 26.4. The van der Waals surface area contributed by atoms with E-state index in [1.54, 1.807) is 0 Å². The second kappa shape index (κ2) is 15.3. The Hall–Kier alpha value is -3.02. The molecule has 0 saturated carbocycles. The molecule has 2 rings (SSSR count). The smallest absolute Gasteiger partial charge is 0.221 e. The minimum Gasteiger partial charge on any atom is -0.507 e. The molecule has 0 aliphatic carbocycles. The molecular formula is C40H64N2O4. The molecule has 0 bridgehead atoms. The molecule has 0 saturated heterocycles. The fourth-order valence-corrected chi connectivity index (χ4v) is 5.79. The first-order valence-electron chi connectivity index (χ1n) is 17.3. The third kappa shape index (κ3) is 11.3. The van der Waals surface area contributed by atoms with Crippen LogP contribution < -0.4 is 10.6 Å².